The average molecular weight is 270 g/mol. The average Bonchev–Trinajstić information content (AvgIpc) is 2.35. The van der Waals surface area contributed by atoms with Crippen LogP contribution < -0.4 is 5.73 Å². The summed E-state index contributed by atoms with van der Waals surface area (Å²) in [7, 11) is 0. The largest absolute Gasteiger partial charge is 0.508 e. The van der Waals surface area contributed by atoms with Crippen LogP contribution in [0.4, 0.5) is 5.82 Å². The van der Waals surface area contributed by atoms with Gasteiger partial charge < -0.3 is 10.8 Å². The molecule has 104 valence electrons. The van der Waals surface area contributed by atoms with Crippen LogP contribution in [0.2, 0.25) is 0 Å². The Morgan fingerprint density at radius 1 is 1.30 bits per heavy atom. The maximum absolute atomic E-state index is 9.31. The van der Waals surface area contributed by atoms with E-state index in [1.54, 1.807) is 12.1 Å². The Bertz CT molecular complexity index is 592. The van der Waals surface area contributed by atoms with E-state index in [1.165, 1.54) is 5.56 Å². The normalized spacial score (nSPS) is 18.8. The molecule has 2 aromatic rings. The van der Waals surface area contributed by atoms with Gasteiger partial charge in [0.25, 0.3) is 0 Å². The number of aryl methyl sites for hydroxylation is 1. The van der Waals surface area contributed by atoms with E-state index in [-0.39, 0.29) is 0 Å². The van der Waals surface area contributed by atoms with E-state index in [2.05, 4.69) is 14.9 Å². The minimum Gasteiger partial charge on any atom is -0.508 e. The Kier molecular flexibility index (Phi) is 3.28. The second-order valence-electron chi connectivity index (χ2n) is 5.21. The first-order chi connectivity index (χ1) is 9.61. The summed E-state index contributed by atoms with van der Waals surface area (Å²) in [6.45, 7) is 3.77. The van der Waals surface area contributed by atoms with Gasteiger partial charge >= 0.3 is 0 Å². The third kappa shape index (κ3) is 2.58. The number of hydrogen-bond acceptors (Lipinski definition) is 5. The molecule has 5 nitrogen and oxygen atoms in total. The Morgan fingerprint density at radius 3 is 2.65 bits per heavy atom. The Hall–Kier alpha value is -2.14. The van der Waals surface area contributed by atoms with Crippen molar-refractivity contribution in [3.05, 3.63) is 47.4 Å². The van der Waals surface area contributed by atoms with Crippen LogP contribution >= 0.6 is 0 Å². The molecule has 1 aliphatic heterocycles. The van der Waals surface area contributed by atoms with Gasteiger partial charge in [-0.3, -0.25) is 4.90 Å². The minimum atomic E-state index is 0.299. The number of phenolic OH excluding ortho intramolecular Hbond substituents is 1. The predicted octanol–water partition coefficient (Wildman–Crippen LogP) is 2.02. The Labute approximate surface area is 118 Å². The molecule has 1 fully saturated rings. The van der Waals surface area contributed by atoms with Crippen molar-refractivity contribution >= 4 is 5.82 Å². The van der Waals surface area contributed by atoms with Gasteiger partial charge in [-0.2, -0.15) is 0 Å². The van der Waals surface area contributed by atoms with Crippen LogP contribution in [0.1, 0.15) is 29.5 Å². The Morgan fingerprint density at radius 2 is 2.05 bits per heavy atom. The molecule has 3 rings (SSSR count). The predicted molar refractivity (Wildman–Crippen MR) is 77.1 cm³/mol. The number of hydrogen-bond donors (Lipinski definition) is 2. The minimum absolute atomic E-state index is 0.299. The standard InChI is InChI=1S/C15H18N4O/c1-10-17-13(8-15(16)18-10)14-6-7-19(14)9-11-2-4-12(20)5-3-11/h2-5,8,14,20H,6-7,9H2,1H3,(H2,16,17,18). The molecule has 20 heavy (non-hydrogen) atoms. The van der Waals surface area contributed by atoms with Crippen LogP contribution in [0.3, 0.4) is 0 Å². The molecule has 0 saturated carbocycles. The summed E-state index contributed by atoms with van der Waals surface area (Å²) in [5.41, 5.74) is 7.98. The van der Waals surface area contributed by atoms with E-state index in [0.29, 0.717) is 17.6 Å². The first-order valence-electron chi connectivity index (χ1n) is 6.75. The van der Waals surface area contributed by atoms with Crippen molar-refractivity contribution in [2.24, 2.45) is 0 Å². The molecular formula is C15H18N4O. The molecule has 3 N–H and O–H groups in total. The smallest absolute Gasteiger partial charge is 0.127 e. The van der Waals surface area contributed by atoms with Gasteiger partial charge in [0.15, 0.2) is 0 Å². The first kappa shape index (κ1) is 12.9. The summed E-state index contributed by atoms with van der Waals surface area (Å²) < 4.78 is 0. The fourth-order valence-corrected chi connectivity index (χ4v) is 2.59. The molecule has 1 unspecified atom stereocenters. The molecule has 1 aromatic heterocycles. The van der Waals surface area contributed by atoms with E-state index < -0.39 is 0 Å². The number of nitrogens with two attached hydrogens (primary N) is 1. The SMILES string of the molecule is Cc1nc(N)cc(C2CCN2Cc2ccc(O)cc2)n1. The Balaban J connectivity index is 1.74. The lowest BCUT2D eigenvalue weighted by Crippen LogP contribution is -2.40. The van der Waals surface area contributed by atoms with Crippen molar-refractivity contribution in [3.63, 3.8) is 0 Å². The number of nitrogens with zero attached hydrogens (tertiary/aromatic N) is 3. The monoisotopic (exact) mass is 270 g/mol. The lowest BCUT2D eigenvalue weighted by atomic mass is 9.98. The van der Waals surface area contributed by atoms with E-state index in [0.717, 1.165) is 31.0 Å². The van der Waals surface area contributed by atoms with Crippen molar-refractivity contribution < 1.29 is 5.11 Å². The molecule has 1 aromatic carbocycles. The molecule has 2 heterocycles. The summed E-state index contributed by atoms with van der Waals surface area (Å²) in [4.78, 5) is 11.0. The number of benzene rings is 1. The van der Waals surface area contributed by atoms with Gasteiger partial charge in [0.1, 0.15) is 17.4 Å². The quantitative estimate of drug-likeness (QED) is 0.892. The van der Waals surface area contributed by atoms with Gasteiger partial charge in [0.05, 0.1) is 11.7 Å². The summed E-state index contributed by atoms with van der Waals surface area (Å²) in [6, 6.07) is 9.51. The van der Waals surface area contributed by atoms with Gasteiger partial charge in [0, 0.05) is 19.2 Å². The molecule has 0 bridgehead atoms. The van der Waals surface area contributed by atoms with Gasteiger partial charge in [-0.15, -0.1) is 0 Å². The molecule has 0 spiro atoms. The van der Waals surface area contributed by atoms with Gasteiger partial charge in [0.2, 0.25) is 0 Å². The second kappa shape index (κ2) is 5.09. The fourth-order valence-electron chi connectivity index (χ4n) is 2.59. The zero-order valence-corrected chi connectivity index (χ0v) is 11.5. The highest BCUT2D eigenvalue weighted by Gasteiger charge is 2.30. The summed E-state index contributed by atoms with van der Waals surface area (Å²) in [5, 5.41) is 9.31. The highest BCUT2D eigenvalue weighted by Crippen LogP contribution is 2.34. The molecule has 0 amide bonds. The highest BCUT2D eigenvalue weighted by atomic mass is 16.3. The van der Waals surface area contributed by atoms with Crippen molar-refractivity contribution in [2.45, 2.75) is 25.9 Å². The first-order valence-corrected chi connectivity index (χ1v) is 6.75. The van der Waals surface area contributed by atoms with E-state index in [4.69, 9.17) is 5.73 Å². The van der Waals surface area contributed by atoms with Gasteiger partial charge in [-0.25, -0.2) is 9.97 Å². The number of nitrogen functional groups attached to an aromatic ring is 1. The van der Waals surface area contributed by atoms with Gasteiger partial charge in [-0.1, -0.05) is 12.1 Å². The van der Waals surface area contributed by atoms with Crippen LogP contribution in [0.25, 0.3) is 0 Å². The lowest BCUT2D eigenvalue weighted by Gasteiger charge is -2.40. The zero-order chi connectivity index (χ0) is 14.1. The van der Waals surface area contributed by atoms with E-state index in [1.807, 2.05) is 25.1 Å². The highest BCUT2D eigenvalue weighted by molar-refractivity contribution is 5.32. The number of rotatable bonds is 3. The fraction of sp³-hybridized carbons (Fsp3) is 0.333. The van der Waals surface area contributed by atoms with Crippen LogP contribution in [0, 0.1) is 6.92 Å². The summed E-state index contributed by atoms with van der Waals surface area (Å²) in [5.74, 6) is 1.55. The molecule has 5 heteroatoms. The maximum atomic E-state index is 9.31. The van der Waals surface area contributed by atoms with E-state index >= 15 is 0 Å². The zero-order valence-electron chi connectivity index (χ0n) is 11.5. The number of anilines is 1. The molecule has 1 aliphatic rings. The lowest BCUT2D eigenvalue weighted by molar-refractivity contribution is 0.0785. The molecule has 0 aliphatic carbocycles. The molecule has 0 radical (unpaired) electrons. The van der Waals surface area contributed by atoms with Crippen LogP contribution in [0.5, 0.6) is 5.75 Å². The third-order valence-corrected chi connectivity index (χ3v) is 3.67. The molecule has 1 saturated heterocycles. The number of likely N-dealkylation sites (tertiary alicyclic amines) is 1. The van der Waals surface area contributed by atoms with E-state index in [9.17, 15) is 5.11 Å². The number of phenols is 1. The summed E-state index contributed by atoms with van der Waals surface area (Å²) in [6.07, 6.45) is 1.09. The van der Waals surface area contributed by atoms with Gasteiger partial charge in [-0.05, 0) is 31.0 Å². The van der Waals surface area contributed by atoms with Crippen LogP contribution in [-0.2, 0) is 6.54 Å². The maximum Gasteiger partial charge on any atom is 0.127 e. The summed E-state index contributed by atoms with van der Waals surface area (Å²) >= 11 is 0. The second-order valence-corrected chi connectivity index (χ2v) is 5.21. The van der Waals surface area contributed by atoms with Crippen molar-refractivity contribution in [1.29, 1.82) is 0 Å². The van der Waals surface area contributed by atoms with Crippen molar-refractivity contribution in [1.82, 2.24) is 14.9 Å². The topological polar surface area (TPSA) is 75.3 Å². The van der Waals surface area contributed by atoms with Crippen molar-refractivity contribution in [3.8, 4) is 5.75 Å². The molecular weight excluding hydrogens is 252 g/mol. The number of aromatic nitrogens is 2. The number of aromatic hydroxyl groups is 1. The third-order valence-electron chi connectivity index (χ3n) is 3.67. The van der Waals surface area contributed by atoms with Crippen LogP contribution in [-0.4, -0.2) is 26.5 Å². The molecule has 1 atom stereocenters. The van der Waals surface area contributed by atoms with Crippen molar-refractivity contribution in [2.75, 3.05) is 12.3 Å². The van der Waals surface area contributed by atoms with Crippen LogP contribution in [0.15, 0.2) is 30.3 Å².